The molecular weight excluding hydrogens is 262 g/mol. The van der Waals surface area contributed by atoms with Crippen molar-refractivity contribution >= 4 is 11.5 Å². The van der Waals surface area contributed by atoms with Crippen LogP contribution in [0.3, 0.4) is 0 Å². The summed E-state index contributed by atoms with van der Waals surface area (Å²) >= 11 is 0. The molecule has 3 rings (SSSR count). The third kappa shape index (κ3) is 2.78. The van der Waals surface area contributed by atoms with Gasteiger partial charge in [-0.05, 0) is 17.4 Å². The smallest absolute Gasteiger partial charge is 0.168 e. The Hall–Kier alpha value is -1.90. The first-order chi connectivity index (χ1) is 9.96. The number of aliphatic hydroxyl groups is 1. The number of rotatable bonds is 2. The van der Waals surface area contributed by atoms with Crippen LogP contribution in [0.5, 0.6) is 0 Å². The summed E-state index contributed by atoms with van der Waals surface area (Å²) in [4.78, 5) is 16.9. The van der Waals surface area contributed by atoms with E-state index in [-0.39, 0.29) is 17.0 Å². The van der Waals surface area contributed by atoms with Crippen molar-refractivity contribution in [1.29, 1.82) is 0 Å². The van der Waals surface area contributed by atoms with Crippen LogP contribution in [0, 0.1) is 5.41 Å². The third-order valence-corrected chi connectivity index (χ3v) is 4.35. The number of carbonyl (C=O) groups excluding carboxylic acids is 1. The van der Waals surface area contributed by atoms with Crippen LogP contribution in [0.4, 0.5) is 0 Å². The number of carbonyl (C=O) groups is 1. The van der Waals surface area contributed by atoms with E-state index in [9.17, 15) is 9.90 Å². The summed E-state index contributed by atoms with van der Waals surface area (Å²) in [5, 5.41) is 10.3. The molecule has 0 radical (unpaired) electrons. The van der Waals surface area contributed by atoms with Gasteiger partial charge >= 0.3 is 0 Å². The van der Waals surface area contributed by atoms with Crippen LogP contribution in [-0.2, 0) is 4.79 Å². The van der Waals surface area contributed by atoms with E-state index in [1.807, 2.05) is 32.0 Å². The summed E-state index contributed by atoms with van der Waals surface area (Å²) in [7, 11) is 0. The van der Waals surface area contributed by atoms with E-state index in [1.165, 1.54) is 5.56 Å². The van der Waals surface area contributed by atoms with E-state index in [0.29, 0.717) is 30.9 Å². The predicted octanol–water partition coefficient (Wildman–Crippen LogP) is 3.82. The molecule has 21 heavy (non-hydrogen) atoms. The van der Waals surface area contributed by atoms with Crippen LogP contribution >= 0.6 is 0 Å². The number of hydrogen-bond donors (Lipinski definition) is 1. The number of benzene rings is 1. The lowest BCUT2D eigenvalue weighted by Gasteiger charge is -2.29. The number of hydrogen-bond acceptors (Lipinski definition) is 3. The highest BCUT2D eigenvalue weighted by atomic mass is 16.3. The number of nitrogens with zero attached hydrogens (tertiary/aromatic N) is 1. The van der Waals surface area contributed by atoms with Gasteiger partial charge in [0.2, 0.25) is 0 Å². The fourth-order valence-corrected chi connectivity index (χ4v) is 3.33. The lowest BCUT2D eigenvalue weighted by molar-refractivity contribution is -0.117. The molecule has 2 aliphatic rings. The SMILES string of the molecule is CC1(C)CC(=O)C(C2=NCC(c3ccccc3)C2)=C(O)C1. The van der Waals surface area contributed by atoms with Crippen molar-refractivity contribution in [2.75, 3.05) is 6.54 Å². The molecule has 110 valence electrons. The number of allylic oxidation sites excluding steroid dienone is 2. The van der Waals surface area contributed by atoms with E-state index in [2.05, 4.69) is 17.1 Å². The van der Waals surface area contributed by atoms with Gasteiger partial charge in [0.25, 0.3) is 0 Å². The van der Waals surface area contributed by atoms with Gasteiger partial charge in [0, 0.05) is 31.0 Å². The van der Waals surface area contributed by atoms with Crippen LogP contribution in [0.25, 0.3) is 0 Å². The quantitative estimate of drug-likeness (QED) is 0.897. The summed E-state index contributed by atoms with van der Waals surface area (Å²) in [6, 6.07) is 10.3. The third-order valence-electron chi connectivity index (χ3n) is 4.35. The maximum Gasteiger partial charge on any atom is 0.168 e. The topological polar surface area (TPSA) is 49.7 Å². The Labute approximate surface area is 125 Å². The summed E-state index contributed by atoms with van der Waals surface area (Å²) in [5.74, 6) is 0.587. The van der Waals surface area contributed by atoms with Gasteiger partial charge in [-0.3, -0.25) is 9.79 Å². The molecule has 1 heterocycles. The Balaban J connectivity index is 1.82. The normalized spacial score (nSPS) is 25.1. The Morgan fingerprint density at radius 1 is 1.19 bits per heavy atom. The minimum atomic E-state index is -0.150. The highest BCUT2D eigenvalue weighted by Crippen LogP contribution is 2.38. The van der Waals surface area contributed by atoms with Crippen molar-refractivity contribution in [3.8, 4) is 0 Å². The first-order valence-corrected chi connectivity index (χ1v) is 7.50. The van der Waals surface area contributed by atoms with Gasteiger partial charge in [0.1, 0.15) is 5.76 Å². The standard InChI is InChI=1S/C18H21NO2/c1-18(2)9-15(20)17(16(21)10-18)14-8-13(11-19-14)12-6-4-3-5-7-12/h3-7,13,20H,8-11H2,1-2H3. The summed E-state index contributed by atoms with van der Waals surface area (Å²) in [6.45, 7) is 4.73. The molecule has 1 unspecified atom stereocenters. The van der Waals surface area contributed by atoms with Gasteiger partial charge in [-0.25, -0.2) is 0 Å². The van der Waals surface area contributed by atoms with E-state index < -0.39 is 0 Å². The van der Waals surface area contributed by atoms with E-state index in [4.69, 9.17) is 0 Å². The van der Waals surface area contributed by atoms with Gasteiger partial charge in [0.05, 0.1) is 5.57 Å². The van der Waals surface area contributed by atoms with Crippen molar-refractivity contribution in [2.24, 2.45) is 10.4 Å². The van der Waals surface area contributed by atoms with Gasteiger partial charge in [-0.15, -0.1) is 0 Å². The molecule has 0 bridgehead atoms. The molecule has 1 aliphatic heterocycles. The Kier molecular flexibility index (Phi) is 3.44. The fourth-order valence-electron chi connectivity index (χ4n) is 3.33. The Morgan fingerprint density at radius 2 is 1.90 bits per heavy atom. The number of aliphatic imine (C=N–C) groups is 1. The average molecular weight is 283 g/mol. The van der Waals surface area contributed by atoms with Crippen LogP contribution < -0.4 is 0 Å². The van der Waals surface area contributed by atoms with Crippen molar-refractivity contribution in [3.05, 3.63) is 47.2 Å². The second-order valence-electron chi connectivity index (χ2n) is 6.86. The Bertz CT molecular complexity index is 626. The molecule has 0 fully saturated rings. The zero-order valence-corrected chi connectivity index (χ0v) is 12.6. The molecule has 0 saturated carbocycles. The molecule has 3 heteroatoms. The summed E-state index contributed by atoms with van der Waals surface area (Å²) in [5.41, 5.74) is 2.39. The van der Waals surface area contributed by atoms with Crippen molar-refractivity contribution in [3.63, 3.8) is 0 Å². The van der Waals surface area contributed by atoms with Crippen molar-refractivity contribution in [2.45, 2.75) is 39.0 Å². The molecule has 1 aliphatic carbocycles. The minimum Gasteiger partial charge on any atom is -0.511 e. The van der Waals surface area contributed by atoms with E-state index in [1.54, 1.807) is 0 Å². The highest BCUT2D eigenvalue weighted by molar-refractivity contribution is 6.23. The van der Waals surface area contributed by atoms with Crippen LogP contribution in [0.15, 0.2) is 46.7 Å². The molecule has 0 spiro atoms. The first kappa shape index (κ1) is 14.1. The maximum atomic E-state index is 12.4. The van der Waals surface area contributed by atoms with Crippen LogP contribution in [0.1, 0.15) is 44.6 Å². The molecule has 0 amide bonds. The second-order valence-corrected chi connectivity index (χ2v) is 6.86. The number of Topliss-reactive ketones (excluding diaryl/α,β-unsaturated/α-hetero) is 1. The Morgan fingerprint density at radius 3 is 2.57 bits per heavy atom. The second kappa shape index (κ2) is 5.14. The molecule has 1 atom stereocenters. The van der Waals surface area contributed by atoms with Gasteiger partial charge in [0.15, 0.2) is 5.78 Å². The molecule has 1 N–H and O–H groups in total. The van der Waals surface area contributed by atoms with Gasteiger partial charge < -0.3 is 5.11 Å². The maximum absolute atomic E-state index is 12.4. The lowest BCUT2D eigenvalue weighted by atomic mass is 9.75. The molecule has 1 aromatic carbocycles. The van der Waals surface area contributed by atoms with Crippen molar-refractivity contribution in [1.82, 2.24) is 0 Å². The molecule has 1 aromatic rings. The summed E-state index contributed by atoms with van der Waals surface area (Å²) < 4.78 is 0. The fraction of sp³-hybridized carbons (Fsp3) is 0.444. The first-order valence-electron chi connectivity index (χ1n) is 7.50. The predicted molar refractivity (Wildman–Crippen MR) is 83.8 cm³/mol. The highest BCUT2D eigenvalue weighted by Gasteiger charge is 2.36. The number of aliphatic hydroxyl groups excluding tert-OH is 1. The zero-order chi connectivity index (χ0) is 15.0. The monoisotopic (exact) mass is 283 g/mol. The van der Waals surface area contributed by atoms with Gasteiger partial charge in [-0.1, -0.05) is 44.2 Å². The zero-order valence-electron chi connectivity index (χ0n) is 12.6. The van der Waals surface area contributed by atoms with Crippen LogP contribution in [0.2, 0.25) is 0 Å². The average Bonchev–Trinajstić information content (AvgIpc) is 2.87. The lowest BCUT2D eigenvalue weighted by Crippen LogP contribution is -2.28. The minimum absolute atomic E-state index is 0.0382. The van der Waals surface area contributed by atoms with E-state index in [0.717, 1.165) is 12.1 Å². The van der Waals surface area contributed by atoms with Gasteiger partial charge in [-0.2, -0.15) is 0 Å². The molecular formula is C18H21NO2. The van der Waals surface area contributed by atoms with E-state index >= 15 is 0 Å². The molecule has 3 nitrogen and oxygen atoms in total. The van der Waals surface area contributed by atoms with Crippen LogP contribution in [-0.4, -0.2) is 23.1 Å². The van der Waals surface area contributed by atoms with Crippen molar-refractivity contribution < 1.29 is 9.90 Å². The molecule has 0 aromatic heterocycles. The number of ketones is 1. The molecule has 0 saturated heterocycles. The largest absolute Gasteiger partial charge is 0.511 e. The summed E-state index contributed by atoms with van der Waals surface area (Å²) in [6.07, 6.45) is 1.79.